The summed E-state index contributed by atoms with van der Waals surface area (Å²) in [6.45, 7) is 4.61. The zero-order valence-corrected chi connectivity index (χ0v) is 14.4. The van der Waals surface area contributed by atoms with E-state index in [0.29, 0.717) is 11.4 Å². The van der Waals surface area contributed by atoms with Crippen molar-refractivity contribution in [2.75, 3.05) is 6.54 Å². The summed E-state index contributed by atoms with van der Waals surface area (Å²) in [4.78, 5) is 19.7. The Balaban J connectivity index is 1.44. The zero-order chi connectivity index (χ0) is 16.4. The third kappa shape index (κ3) is 2.93. The summed E-state index contributed by atoms with van der Waals surface area (Å²) in [5.74, 6) is 1.56. The molecule has 1 atom stereocenters. The third-order valence-electron chi connectivity index (χ3n) is 5.99. The van der Waals surface area contributed by atoms with Crippen LogP contribution in [0.1, 0.15) is 51.0 Å². The number of hydrogen-bond donors (Lipinski definition) is 0. The highest BCUT2D eigenvalue weighted by atomic mass is 15.3. The van der Waals surface area contributed by atoms with E-state index < -0.39 is 0 Å². The predicted octanol–water partition coefficient (Wildman–Crippen LogP) is 3.48. The van der Waals surface area contributed by atoms with E-state index in [1.54, 1.807) is 12.4 Å². The normalized spacial score (nSPS) is 25.4. The fourth-order valence-electron chi connectivity index (χ4n) is 4.29. The van der Waals surface area contributed by atoms with E-state index in [0.717, 1.165) is 18.0 Å². The summed E-state index contributed by atoms with van der Waals surface area (Å²) >= 11 is 0. The van der Waals surface area contributed by atoms with Crippen LogP contribution in [0.4, 0.5) is 0 Å². The highest BCUT2D eigenvalue weighted by molar-refractivity contribution is 5.50. The van der Waals surface area contributed by atoms with Gasteiger partial charge in [0.2, 0.25) is 0 Å². The second kappa shape index (κ2) is 6.55. The number of likely N-dealkylation sites (tertiary alicyclic amines) is 1. The van der Waals surface area contributed by atoms with E-state index in [1.165, 1.54) is 57.0 Å². The molecule has 2 fully saturated rings. The maximum atomic E-state index is 4.50. The van der Waals surface area contributed by atoms with Crippen LogP contribution in [0.25, 0.3) is 11.4 Å². The molecule has 1 aliphatic heterocycles. The molecule has 1 unspecified atom stereocenters. The second-order valence-corrected chi connectivity index (χ2v) is 7.41. The average Bonchev–Trinajstić information content (AvgIpc) is 2.66. The minimum Gasteiger partial charge on any atom is -0.293 e. The van der Waals surface area contributed by atoms with Gasteiger partial charge in [0.1, 0.15) is 6.33 Å². The van der Waals surface area contributed by atoms with Crippen molar-refractivity contribution in [3.8, 4) is 11.4 Å². The minimum absolute atomic E-state index is 0.381. The topological polar surface area (TPSA) is 54.8 Å². The van der Waals surface area contributed by atoms with Crippen molar-refractivity contribution in [1.82, 2.24) is 24.8 Å². The Labute approximate surface area is 143 Å². The Morgan fingerprint density at radius 3 is 2.38 bits per heavy atom. The molecule has 0 N–H and O–H groups in total. The summed E-state index contributed by atoms with van der Waals surface area (Å²) < 4.78 is 0. The molecular weight excluding hydrogens is 298 g/mol. The lowest BCUT2D eigenvalue weighted by atomic mass is 9.69. The highest BCUT2D eigenvalue weighted by Crippen LogP contribution is 2.44. The van der Waals surface area contributed by atoms with Crippen molar-refractivity contribution in [3.63, 3.8) is 0 Å². The Bertz CT molecular complexity index is 666. The van der Waals surface area contributed by atoms with Crippen LogP contribution in [0, 0.1) is 5.92 Å². The smallest absolute Gasteiger partial charge is 0.162 e. The number of nitrogens with zero attached hydrogens (tertiary/aromatic N) is 5. The van der Waals surface area contributed by atoms with Crippen LogP contribution in [0.2, 0.25) is 0 Å². The molecule has 0 radical (unpaired) electrons. The fourth-order valence-corrected chi connectivity index (χ4v) is 4.29. The summed E-state index contributed by atoms with van der Waals surface area (Å²) in [6.07, 6.45) is 17.3. The molecule has 0 spiro atoms. The first-order chi connectivity index (χ1) is 11.8. The lowest BCUT2D eigenvalue weighted by Crippen LogP contribution is -2.61. The first-order valence-electron chi connectivity index (χ1n) is 9.07. The maximum absolute atomic E-state index is 4.50. The Kier molecular flexibility index (Phi) is 4.27. The second-order valence-electron chi connectivity index (χ2n) is 7.41. The van der Waals surface area contributed by atoms with Gasteiger partial charge in [0.25, 0.3) is 0 Å². The third-order valence-corrected chi connectivity index (χ3v) is 5.99. The Hall–Kier alpha value is -1.88. The highest BCUT2D eigenvalue weighted by Gasteiger charge is 2.46. The first kappa shape index (κ1) is 15.6. The van der Waals surface area contributed by atoms with Crippen molar-refractivity contribution in [2.45, 2.75) is 57.5 Å². The predicted molar refractivity (Wildman–Crippen MR) is 93.1 cm³/mol. The van der Waals surface area contributed by atoms with Crippen LogP contribution in [0.5, 0.6) is 0 Å². The standard InChI is InChI=1S/C19H25N5/c1-19(17-5-3-2-4-6-17)7-8-24(19)13-15-9-22-18(23-10-15)16-11-20-14-21-12-16/h9-12,14,17H,2-8,13H2,1H3. The zero-order valence-electron chi connectivity index (χ0n) is 14.4. The van der Waals surface area contributed by atoms with E-state index in [1.807, 2.05) is 12.4 Å². The van der Waals surface area contributed by atoms with Crippen LogP contribution in [-0.2, 0) is 6.54 Å². The fraction of sp³-hybridized carbons (Fsp3) is 0.579. The molecule has 1 saturated heterocycles. The average molecular weight is 323 g/mol. The lowest BCUT2D eigenvalue weighted by molar-refractivity contribution is -0.0634. The molecule has 0 bridgehead atoms. The molecule has 2 aromatic heterocycles. The molecule has 126 valence electrons. The summed E-state index contributed by atoms with van der Waals surface area (Å²) in [5.41, 5.74) is 2.43. The van der Waals surface area contributed by atoms with Crippen LogP contribution < -0.4 is 0 Å². The van der Waals surface area contributed by atoms with E-state index in [4.69, 9.17) is 0 Å². The molecule has 24 heavy (non-hydrogen) atoms. The van der Waals surface area contributed by atoms with E-state index in [-0.39, 0.29) is 0 Å². The molecule has 2 aromatic rings. The first-order valence-corrected chi connectivity index (χ1v) is 9.07. The number of aromatic nitrogens is 4. The van der Waals surface area contributed by atoms with Crippen LogP contribution in [0.3, 0.4) is 0 Å². The number of rotatable bonds is 4. The van der Waals surface area contributed by atoms with Gasteiger partial charge < -0.3 is 0 Å². The molecule has 1 aliphatic carbocycles. The monoisotopic (exact) mass is 323 g/mol. The van der Waals surface area contributed by atoms with Gasteiger partial charge in [-0.3, -0.25) is 4.90 Å². The van der Waals surface area contributed by atoms with Gasteiger partial charge in [-0.2, -0.15) is 0 Å². The van der Waals surface area contributed by atoms with Gasteiger partial charge in [0.05, 0.1) is 5.56 Å². The van der Waals surface area contributed by atoms with E-state index >= 15 is 0 Å². The Morgan fingerprint density at radius 1 is 1.04 bits per heavy atom. The van der Waals surface area contributed by atoms with Gasteiger partial charge >= 0.3 is 0 Å². The quantitative estimate of drug-likeness (QED) is 0.862. The SMILES string of the molecule is CC1(C2CCCCC2)CCN1Cc1cnc(-c2cncnc2)nc1. The van der Waals surface area contributed by atoms with Crippen LogP contribution in [0.15, 0.2) is 31.1 Å². The van der Waals surface area contributed by atoms with E-state index in [9.17, 15) is 0 Å². The molecule has 5 heteroatoms. The Morgan fingerprint density at radius 2 is 1.75 bits per heavy atom. The van der Waals surface area contributed by atoms with Gasteiger partial charge in [-0.15, -0.1) is 0 Å². The molecule has 3 heterocycles. The van der Waals surface area contributed by atoms with Crippen molar-refractivity contribution < 1.29 is 0 Å². The van der Waals surface area contributed by atoms with Gasteiger partial charge in [-0.1, -0.05) is 19.3 Å². The van der Waals surface area contributed by atoms with Gasteiger partial charge in [-0.05, 0) is 32.1 Å². The van der Waals surface area contributed by atoms with Crippen molar-refractivity contribution in [1.29, 1.82) is 0 Å². The lowest BCUT2D eigenvalue weighted by Gasteiger charge is -2.56. The maximum Gasteiger partial charge on any atom is 0.162 e. The molecule has 1 saturated carbocycles. The summed E-state index contributed by atoms with van der Waals surface area (Å²) in [6, 6.07) is 0. The van der Waals surface area contributed by atoms with E-state index in [2.05, 4.69) is 31.8 Å². The molecule has 0 amide bonds. The largest absolute Gasteiger partial charge is 0.293 e. The molecule has 5 nitrogen and oxygen atoms in total. The van der Waals surface area contributed by atoms with Crippen LogP contribution >= 0.6 is 0 Å². The van der Waals surface area contributed by atoms with Crippen molar-refractivity contribution >= 4 is 0 Å². The molecule has 0 aromatic carbocycles. The van der Waals surface area contributed by atoms with Gasteiger partial charge in [-0.25, -0.2) is 19.9 Å². The number of hydrogen-bond acceptors (Lipinski definition) is 5. The van der Waals surface area contributed by atoms with Crippen LogP contribution in [-0.4, -0.2) is 36.9 Å². The van der Waals surface area contributed by atoms with Gasteiger partial charge in [0.15, 0.2) is 5.82 Å². The van der Waals surface area contributed by atoms with Crippen molar-refractivity contribution in [3.05, 3.63) is 36.7 Å². The van der Waals surface area contributed by atoms with Crippen molar-refractivity contribution in [2.24, 2.45) is 5.92 Å². The molecule has 4 rings (SSSR count). The molecular formula is C19H25N5. The van der Waals surface area contributed by atoms with Gasteiger partial charge in [0, 0.05) is 49.0 Å². The minimum atomic E-state index is 0.381. The molecule has 2 aliphatic rings. The summed E-state index contributed by atoms with van der Waals surface area (Å²) in [7, 11) is 0. The summed E-state index contributed by atoms with van der Waals surface area (Å²) in [5, 5.41) is 0.